The normalized spacial score (nSPS) is 20.7. The van der Waals surface area contributed by atoms with Crippen molar-refractivity contribution in [3.8, 4) is 11.1 Å². The van der Waals surface area contributed by atoms with Crippen LogP contribution >= 0.6 is 0 Å². The summed E-state index contributed by atoms with van der Waals surface area (Å²) < 4.78 is 0. The van der Waals surface area contributed by atoms with Crippen molar-refractivity contribution in [3.63, 3.8) is 0 Å². The molecule has 1 aromatic heterocycles. The second-order valence-electron chi connectivity index (χ2n) is 9.28. The summed E-state index contributed by atoms with van der Waals surface area (Å²) in [4.78, 5) is 33.5. The van der Waals surface area contributed by atoms with Crippen LogP contribution in [0.25, 0.3) is 11.1 Å². The first-order valence-electron chi connectivity index (χ1n) is 12.0. The van der Waals surface area contributed by atoms with Crippen molar-refractivity contribution in [3.05, 3.63) is 90.3 Å². The molecule has 0 radical (unpaired) electrons. The minimum Gasteiger partial charge on any atom is -0.343 e. The topological polar surface area (TPSA) is 89.4 Å². The van der Waals surface area contributed by atoms with Crippen LogP contribution in [0.5, 0.6) is 0 Å². The Morgan fingerprint density at radius 2 is 1.74 bits per heavy atom. The molecule has 0 saturated carbocycles. The number of guanidine groups is 1. The number of amides is 2. The third kappa shape index (κ3) is 4.18. The van der Waals surface area contributed by atoms with E-state index in [4.69, 9.17) is 5.41 Å². The van der Waals surface area contributed by atoms with Gasteiger partial charge >= 0.3 is 0 Å². The molecule has 2 fully saturated rings. The number of hydrogen-bond donors (Lipinski definition) is 2. The molecule has 178 valence electrons. The number of nitrogens with one attached hydrogen (secondary N) is 2. The fourth-order valence-electron chi connectivity index (χ4n) is 5.18. The summed E-state index contributed by atoms with van der Waals surface area (Å²) in [7, 11) is 0. The number of carbonyl (C=O) groups excluding carboxylic acids is 2. The van der Waals surface area contributed by atoms with Gasteiger partial charge in [-0.1, -0.05) is 54.6 Å². The van der Waals surface area contributed by atoms with Gasteiger partial charge in [-0.05, 0) is 53.1 Å². The van der Waals surface area contributed by atoms with Gasteiger partial charge in [-0.25, -0.2) is 0 Å². The number of nitrogens with zero attached hydrogens (tertiary/aromatic N) is 3. The zero-order chi connectivity index (χ0) is 24.4. The lowest BCUT2D eigenvalue weighted by molar-refractivity contribution is -0.132. The Balaban J connectivity index is 1.50. The van der Waals surface area contributed by atoms with E-state index in [1.165, 1.54) is 0 Å². The van der Waals surface area contributed by atoms with E-state index in [1.807, 2.05) is 71.6 Å². The van der Waals surface area contributed by atoms with Crippen molar-refractivity contribution in [1.29, 1.82) is 5.41 Å². The summed E-state index contributed by atoms with van der Waals surface area (Å²) in [5.41, 5.74) is 2.33. The van der Waals surface area contributed by atoms with Crippen molar-refractivity contribution in [2.45, 2.75) is 25.3 Å². The van der Waals surface area contributed by atoms with Crippen molar-refractivity contribution >= 4 is 17.8 Å². The average Bonchev–Trinajstić information content (AvgIpc) is 3.16. The molecular weight excluding hydrogens is 438 g/mol. The van der Waals surface area contributed by atoms with Gasteiger partial charge in [0, 0.05) is 39.0 Å². The van der Waals surface area contributed by atoms with Gasteiger partial charge in [0.15, 0.2) is 11.5 Å². The lowest BCUT2D eigenvalue weighted by Crippen LogP contribution is -2.46. The summed E-state index contributed by atoms with van der Waals surface area (Å²) in [6, 6.07) is 21.4. The molecule has 2 aromatic carbocycles. The maximum absolute atomic E-state index is 14.2. The van der Waals surface area contributed by atoms with Crippen molar-refractivity contribution in [2.24, 2.45) is 5.92 Å². The SMILES string of the molecule is CC(=O)N1CCC(CN2C(=N)NC(c3ccccc3)(c3cccc(-c4cccnc4)c3)C2=O)CC1. The Labute approximate surface area is 205 Å². The van der Waals surface area contributed by atoms with E-state index in [1.54, 1.807) is 24.2 Å². The Morgan fingerprint density at radius 3 is 2.43 bits per heavy atom. The maximum Gasteiger partial charge on any atom is 0.264 e. The second kappa shape index (κ2) is 9.33. The Morgan fingerprint density at radius 1 is 1.03 bits per heavy atom. The summed E-state index contributed by atoms with van der Waals surface area (Å²) in [5, 5.41) is 12.0. The fourth-order valence-corrected chi connectivity index (χ4v) is 5.18. The second-order valence-corrected chi connectivity index (χ2v) is 9.28. The largest absolute Gasteiger partial charge is 0.343 e. The first-order valence-corrected chi connectivity index (χ1v) is 12.0. The molecular formula is C28H29N5O2. The van der Waals surface area contributed by atoms with Gasteiger partial charge in [-0.3, -0.25) is 24.9 Å². The molecule has 0 aliphatic carbocycles. The zero-order valence-electron chi connectivity index (χ0n) is 19.8. The van der Waals surface area contributed by atoms with Crippen LogP contribution in [0, 0.1) is 11.3 Å². The van der Waals surface area contributed by atoms with Crippen LogP contribution in [-0.2, 0) is 15.1 Å². The Hall–Kier alpha value is -4.00. The minimum absolute atomic E-state index is 0.0895. The van der Waals surface area contributed by atoms with E-state index in [0.29, 0.717) is 19.6 Å². The van der Waals surface area contributed by atoms with Crippen molar-refractivity contribution < 1.29 is 9.59 Å². The van der Waals surface area contributed by atoms with Gasteiger partial charge in [0.25, 0.3) is 5.91 Å². The van der Waals surface area contributed by atoms with Gasteiger partial charge in [-0.15, -0.1) is 0 Å². The smallest absolute Gasteiger partial charge is 0.264 e. The highest BCUT2D eigenvalue weighted by molar-refractivity contribution is 6.10. The molecule has 3 aromatic rings. The summed E-state index contributed by atoms with van der Waals surface area (Å²) in [6.07, 6.45) is 5.19. The molecule has 2 N–H and O–H groups in total. The first kappa shape index (κ1) is 22.8. The molecule has 0 spiro atoms. The van der Waals surface area contributed by atoms with Crippen LogP contribution < -0.4 is 5.32 Å². The lowest BCUT2D eigenvalue weighted by atomic mass is 9.81. The van der Waals surface area contributed by atoms with Crippen LogP contribution in [0.2, 0.25) is 0 Å². The predicted octanol–water partition coefficient (Wildman–Crippen LogP) is 3.62. The van der Waals surface area contributed by atoms with Gasteiger partial charge in [0.1, 0.15) is 0 Å². The van der Waals surface area contributed by atoms with E-state index >= 15 is 0 Å². The number of hydrogen-bond acceptors (Lipinski definition) is 4. The quantitative estimate of drug-likeness (QED) is 0.600. The van der Waals surface area contributed by atoms with Crippen LogP contribution in [0.1, 0.15) is 30.9 Å². The Bertz CT molecular complexity index is 1240. The molecule has 2 saturated heterocycles. The number of benzene rings is 2. The highest BCUT2D eigenvalue weighted by Crippen LogP contribution is 2.38. The molecule has 1 atom stereocenters. The molecule has 0 bridgehead atoms. The molecule has 35 heavy (non-hydrogen) atoms. The summed E-state index contributed by atoms with van der Waals surface area (Å²) >= 11 is 0. The minimum atomic E-state index is -1.18. The van der Waals surface area contributed by atoms with Gasteiger partial charge in [0.05, 0.1) is 0 Å². The van der Waals surface area contributed by atoms with E-state index in [-0.39, 0.29) is 23.7 Å². The molecule has 7 heteroatoms. The number of carbonyl (C=O) groups is 2. The standard InChI is InChI=1S/C28H29N5O2/c1-20(34)32-15-12-21(13-16-32)19-33-26(35)28(31-27(33)29,24-9-3-2-4-10-24)25-11-5-7-22(17-25)23-8-6-14-30-18-23/h2-11,14,17-18,21H,12-13,15-16,19H2,1H3,(H2,29,31). The van der Waals surface area contributed by atoms with E-state index < -0.39 is 5.54 Å². The van der Waals surface area contributed by atoms with Crippen LogP contribution in [0.15, 0.2) is 79.1 Å². The van der Waals surface area contributed by atoms with Crippen molar-refractivity contribution in [1.82, 2.24) is 20.1 Å². The molecule has 5 rings (SSSR count). The number of aromatic nitrogens is 1. The van der Waals surface area contributed by atoms with Crippen molar-refractivity contribution in [2.75, 3.05) is 19.6 Å². The number of likely N-dealkylation sites (tertiary alicyclic amines) is 1. The predicted molar refractivity (Wildman–Crippen MR) is 134 cm³/mol. The van der Waals surface area contributed by atoms with Gasteiger partial charge in [0.2, 0.25) is 5.91 Å². The monoisotopic (exact) mass is 467 g/mol. The number of rotatable bonds is 5. The number of piperidine rings is 1. The highest BCUT2D eigenvalue weighted by atomic mass is 16.2. The molecule has 3 heterocycles. The van der Waals surface area contributed by atoms with E-state index in [2.05, 4.69) is 10.3 Å². The lowest BCUT2D eigenvalue weighted by Gasteiger charge is -2.33. The highest BCUT2D eigenvalue weighted by Gasteiger charge is 2.52. The van der Waals surface area contributed by atoms with Crippen LogP contribution in [0.4, 0.5) is 0 Å². The maximum atomic E-state index is 14.2. The summed E-state index contributed by atoms with van der Waals surface area (Å²) in [6.45, 7) is 3.45. The number of pyridine rings is 1. The average molecular weight is 468 g/mol. The first-order chi connectivity index (χ1) is 17.0. The van der Waals surface area contributed by atoms with Gasteiger partial charge in [-0.2, -0.15) is 0 Å². The van der Waals surface area contributed by atoms with Crippen LogP contribution in [-0.4, -0.2) is 52.2 Å². The van der Waals surface area contributed by atoms with Gasteiger partial charge < -0.3 is 10.2 Å². The van der Waals surface area contributed by atoms with Crippen LogP contribution in [0.3, 0.4) is 0 Å². The molecule has 2 aliphatic heterocycles. The molecule has 7 nitrogen and oxygen atoms in total. The summed E-state index contributed by atoms with van der Waals surface area (Å²) in [5.74, 6) is 0.294. The molecule has 1 unspecified atom stereocenters. The third-order valence-electron chi connectivity index (χ3n) is 7.14. The molecule has 2 amide bonds. The fraction of sp³-hybridized carbons (Fsp3) is 0.286. The van der Waals surface area contributed by atoms with E-state index in [0.717, 1.165) is 35.1 Å². The van der Waals surface area contributed by atoms with E-state index in [9.17, 15) is 9.59 Å². The zero-order valence-corrected chi connectivity index (χ0v) is 19.8. The molecule has 2 aliphatic rings. The Kier molecular flexibility index (Phi) is 6.07. The third-order valence-corrected chi connectivity index (χ3v) is 7.14.